The number of hydrogen-bond donors (Lipinski definition) is 1. The number of fused-ring (bicyclic) bond motifs is 2. The second kappa shape index (κ2) is 12.3. The highest BCUT2D eigenvalue weighted by atomic mass is 16.6. The van der Waals surface area contributed by atoms with Crippen molar-refractivity contribution in [3.63, 3.8) is 0 Å². The molecule has 44 heavy (non-hydrogen) atoms. The second-order valence-corrected chi connectivity index (χ2v) is 11.6. The number of nitrogens with zero attached hydrogens (tertiary/aromatic N) is 5. The molecule has 2 aromatic carbocycles. The predicted octanol–water partition coefficient (Wildman–Crippen LogP) is 2.50. The lowest BCUT2D eigenvalue weighted by molar-refractivity contribution is -0.156. The molecular formula is C33H37N5O6. The summed E-state index contributed by atoms with van der Waals surface area (Å²) in [7, 11) is 0. The van der Waals surface area contributed by atoms with Gasteiger partial charge in [0, 0.05) is 6.54 Å². The van der Waals surface area contributed by atoms with E-state index in [-0.39, 0.29) is 38.2 Å². The van der Waals surface area contributed by atoms with Crippen LogP contribution in [0.25, 0.3) is 11.0 Å². The van der Waals surface area contributed by atoms with Gasteiger partial charge in [0.1, 0.15) is 23.8 Å². The van der Waals surface area contributed by atoms with Crippen molar-refractivity contribution < 1.29 is 29.0 Å². The molecule has 2 bridgehead atoms. The van der Waals surface area contributed by atoms with E-state index >= 15 is 0 Å². The molecule has 3 aromatic rings. The molecule has 3 aliphatic heterocycles. The second-order valence-electron chi connectivity index (χ2n) is 11.6. The zero-order valence-electron chi connectivity index (χ0n) is 24.5. The number of carbonyl (C=O) groups is 3. The highest BCUT2D eigenvalue weighted by Crippen LogP contribution is 2.59. The van der Waals surface area contributed by atoms with Gasteiger partial charge in [0.05, 0.1) is 42.7 Å². The van der Waals surface area contributed by atoms with E-state index in [9.17, 15) is 19.5 Å². The number of carbonyl (C=O) groups excluding carboxylic acids is 3. The highest BCUT2D eigenvalue weighted by Gasteiger charge is 2.75. The lowest BCUT2D eigenvalue weighted by Gasteiger charge is -2.39. The Balaban J connectivity index is 1.39. The van der Waals surface area contributed by atoms with Gasteiger partial charge >= 0.3 is 5.97 Å². The lowest BCUT2D eigenvalue weighted by Crippen LogP contribution is -2.59. The Labute approximate surface area is 255 Å². The van der Waals surface area contributed by atoms with Crippen molar-refractivity contribution in [2.75, 3.05) is 19.8 Å². The number of benzene rings is 2. The van der Waals surface area contributed by atoms with E-state index in [1.807, 2.05) is 54.6 Å². The molecule has 230 valence electrons. The van der Waals surface area contributed by atoms with Gasteiger partial charge in [-0.15, -0.1) is 18.3 Å². The van der Waals surface area contributed by atoms with E-state index < -0.39 is 41.6 Å². The van der Waals surface area contributed by atoms with Crippen LogP contribution < -0.4 is 0 Å². The number of para-hydroxylation sites is 1. The molecule has 1 N–H and O–H groups in total. The van der Waals surface area contributed by atoms with Crippen molar-refractivity contribution in [2.45, 2.75) is 56.1 Å². The normalized spacial score (nSPS) is 26.0. The van der Waals surface area contributed by atoms with Crippen LogP contribution in [-0.2, 0) is 36.9 Å². The molecule has 6 rings (SSSR count). The summed E-state index contributed by atoms with van der Waals surface area (Å²) in [6.45, 7) is 7.55. The van der Waals surface area contributed by atoms with Crippen molar-refractivity contribution in [3.8, 4) is 0 Å². The Bertz CT molecular complexity index is 1560. The van der Waals surface area contributed by atoms with Crippen LogP contribution in [-0.4, -0.2) is 91.2 Å². The maximum atomic E-state index is 14.8. The molecule has 2 unspecified atom stereocenters. The summed E-state index contributed by atoms with van der Waals surface area (Å²) >= 11 is 0. The summed E-state index contributed by atoms with van der Waals surface area (Å²) in [5.41, 5.74) is 1.10. The summed E-state index contributed by atoms with van der Waals surface area (Å²) in [5, 5.41) is 19.2. The van der Waals surface area contributed by atoms with Gasteiger partial charge in [0.15, 0.2) is 0 Å². The van der Waals surface area contributed by atoms with Crippen LogP contribution in [0.15, 0.2) is 79.9 Å². The van der Waals surface area contributed by atoms with Gasteiger partial charge in [-0.3, -0.25) is 14.4 Å². The highest BCUT2D eigenvalue weighted by molar-refractivity contribution is 5.98. The molecule has 4 heterocycles. The van der Waals surface area contributed by atoms with Gasteiger partial charge in [-0.05, 0) is 43.4 Å². The van der Waals surface area contributed by atoms with Gasteiger partial charge in [-0.1, -0.05) is 59.8 Å². The Morgan fingerprint density at radius 2 is 1.93 bits per heavy atom. The zero-order chi connectivity index (χ0) is 30.8. The molecule has 0 radical (unpaired) electrons. The molecule has 11 nitrogen and oxygen atoms in total. The van der Waals surface area contributed by atoms with E-state index in [2.05, 4.69) is 23.5 Å². The first-order chi connectivity index (χ1) is 21.4. The number of aromatic nitrogens is 3. The number of rotatable bonds is 13. The fourth-order valence-electron chi connectivity index (χ4n) is 7.24. The first-order valence-electron chi connectivity index (χ1n) is 15.0. The summed E-state index contributed by atoms with van der Waals surface area (Å²) in [4.78, 5) is 45.7. The summed E-state index contributed by atoms with van der Waals surface area (Å²) in [5.74, 6) is -3.01. The zero-order valence-corrected chi connectivity index (χ0v) is 24.5. The Kier molecular flexibility index (Phi) is 8.33. The van der Waals surface area contributed by atoms with Gasteiger partial charge in [-0.25, -0.2) is 4.68 Å². The molecule has 1 spiro atoms. The van der Waals surface area contributed by atoms with E-state index in [0.717, 1.165) is 11.1 Å². The van der Waals surface area contributed by atoms with Crippen LogP contribution in [0.3, 0.4) is 0 Å². The SMILES string of the molecule is C=CCCOC(=O)[C@@H]1[C@@H]2CCC3(O2)C(C(=O)N(CC=C)Cn2nnc4ccccc42)N([C@@H](CO)Cc2ccccc2)C(=O)[C@H]13. The van der Waals surface area contributed by atoms with Crippen molar-refractivity contribution in [1.82, 2.24) is 24.8 Å². The van der Waals surface area contributed by atoms with Crippen LogP contribution in [0.4, 0.5) is 0 Å². The molecule has 0 aliphatic carbocycles. The monoisotopic (exact) mass is 599 g/mol. The first kappa shape index (κ1) is 29.7. The number of aliphatic hydroxyl groups is 1. The van der Waals surface area contributed by atoms with E-state index in [0.29, 0.717) is 31.2 Å². The van der Waals surface area contributed by atoms with Crippen LogP contribution >= 0.6 is 0 Å². The van der Waals surface area contributed by atoms with Crippen molar-refractivity contribution in [2.24, 2.45) is 11.8 Å². The van der Waals surface area contributed by atoms with Crippen molar-refractivity contribution >= 4 is 28.8 Å². The maximum Gasteiger partial charge on any atom is 0.312 e. The molecule has 3 fully saturated rings. The molecule has 3 aliphatic rings. The number of amides is 2. The molecule has 2 amide bonds. The standard InChI is InChI=1S/C33H37N5O6/c1-3-5-18-43-32(42)27-26-15-16-33(44-26)28(27)30(40)38(23(20-39)19-22-11-7-6-8-12-22)29(33)31(41)36(17-4-2)21-37-25-14-10-9-13-24(25)34-35-37/h3-4,6-14,23,26-29,39H,1-2,5,15-21H2/t23-,26+,27-,28+,29?,33?/m1/s1. The molecule has 3 saturated heterocycles. The average Bonchev–Trinajstić information content (AvgIpc) is 3.79. The minimum Gasteiger partial charge on any atom is -0.465 e. The van der Waals surface area contributed by atoms with Gasteiger partial charge in [0.2, 0.25) is 11.8 Å². The predicted molar refractivity (Wildman–Crippen MR) is 161 cm³/mol. The summed E-state index contributed by atoms with van der Waals surface area (Å²) in [6.07, 6.45) is 4.49. The van der Waals surface area contributed by atoms with Crippen LogP contribution in [0, 0.1) is 11.8 Å². The largest absolute Gasteiger partial charge is 0.465 e. The van der Waals surface area contributed by atoms with E-state index in [1.165, 1.54) is 4.90 Å². The summed E-state index contributed by atoms with van der Waals surface area (Å²) < 4.78 is 13.7. The lowest BCUT2D eigenvalue weighted by atomic mass is 9.70. The molecule has 1 aromatic heterocycles. The minimum absolute atomic E-state index is 0.0591. The third-order valence-electron chi connectivity index (χ3n) is 9.11. The fraction of sp³-hybridized carbons (Fsp3) is 0.424. The summed E-state index contributed by atoms with van der Waals surface area (Å²) in [6, 6.07) is 15.2. The topological polar surface area (TPSA) is 127 Å². The fourth-order valence-corrected chi connectivity index (χ4v) is 7.24. The average molecular weight is 600 g/mol. The molecule has 11 heteroatoms. The van der Waals surface area contributed by atoms with E-state index in [1.54, 1.807) is 21.7 Å². The van der Waals surface area contributed by atoms with Gasteiger partial charge in [0.25, 0.3) is 0 Å². The quantitative estimate of drug-likeness (QED) is 0.180. The maximum absolute atomic E-state index is 14.8. The van der Waals surface area contributed by atoms with Gasteiger partial charge in [-0.2, -0.15) is 0 Å². The molecule has 6 atom stereocenters. The molecular weight excluding hydrogens is 562 g/mol. The van der Waals surface area contributed by atoms with E-state index in [4.69, 9.17) is 9.47 Å². The minimum atomic E-state index is -1.24. The smallest absolute Gasteiger partial charge is 0.312 e. The first-order valence-corrected chi connectivity index (χ1v) is 15.0. The number of ether oxygens (including phenoxy) is 2. The molecule has 0 saturated carbocycles. The Hall–Kier alpha value is -4.35. The number of likely N-dealkylation sites (tertiary alicyclic amines) is 1. The Morgan fingerprint density at radius 3 is 2.68 bits per heavy atom. The third-order valence-corrected chi connectivity index (χ3v) is 9.11. The van der Waals surface area contributed by atoms with Crippen LogP contribution in [0.2, 0.25) is 0 Å². The van der Waals surface area contributed by atoms with Crippen molar-refractivity contribution in [1.29, 1.82) is 0 Å². The Morgan fingerprint density at radius 1 is 1.16 bits per heavy atom. The van der Waals surface area contributed by atoms with Crippen LogP contribution in [0.5, 0.6) is 0 Å². The number of esters is 1. The van der Waals surface area contributed by atoms with Crippen LogP contribution in [0.1, 0.15) is 24.8 Å². The van der Waals surface area contributed by atoms with Crippen molar-refractivity contribution in [3.05, 3.63) is 85.5 Å². The number of hydrogen-bond acceptors (Lipinski definition) is 8. The third kappa shape index (κ3) is 4.99. The van der Waals surface area contributed by atoms with Gasteiger partial charge < -0.3 is 24.4 Å². The number of aliphatic hydroxyl groups excluding tert-OH is 1.